The Labute approximate surface area is 401 Å². The first-order valence-corrected chi connectivity index (χ1v) is 20.8. The third-order valence-electron chi connectivity index (χ3n) is 11.8. The van der Waals surface area contributed by atoms with Gasteiger partial charge in [0.1, 0.15) is 18.2 Å². The maximum Gasteiger partial charge on any atom is 0.205 e. The summed E-state index contributed by atoms with van der Waals surface area (Å²) < 4.78 is 0. The fraction of sp³-hybridized carbons (Fsp3) is 0. The van der Waals surface area contributed by atoms with E-state index in [2.05, 4.69) is 57.0 Å². The monoisotopic (exact) mass is 886 g/mol. The number of rotatable bonds is 6. The molecule has 2 aliphatic carbocycles. The lowest BCUT2D eigenvalue weighted by Crippen LogP contribution is -2.05. The molecule has 0 N–H and O–H groups in total. The molecule has 0 bridgehead atoms. The van der Waals surface area contributed by atoms with Crippen molar-refractivity contribution in [2.24, 2.45) is 0 Å². The van der Waals surface area contributed by atoms with Crippen LogP contribution in [0.4, 0.5) is 11.4 Å². The molecule has 12 heteroatoms. The van der Waals surface area contributed by atoms with E-state index in [9.17, 15) is 36.8 Å². The molecular weight excluding hydrogens is 865 g/mol. The van der Waals surface area contributed by atoms with Crippen LogP contribution in [-0.2, 0) is 0 Å². The van der Waals surface area contributed by atoms with Gasteiger partial charge in [0, 0.05) is 40.2 Å². The molecule has 2 aromatic heterocycles. The van der Waals surface area contributed by atoms with Crippen LogP contribution in [0.2, 0.25) is 0 Å². The van der Waals surface area contributed by atoms with E-state index < -0.39 is 0 Å². The van der Waals surface area contributed by atoms with Gasteiger partial charge < -0.3 is 0 Å². The maximum atomic E-state index is 11.7. The second-order valence-electron chi connectivity index (χ2n) is 15.5. The number of hydrogen-bond donors (Lipinski definition) is 0. The smallest absolute Gasteiger partial charge is 0.205 e. The van der Waals surface area contributed by atoms with Crippen LogP contribution >= 0.6 is 0 Å². The van der Waals surface area contributed by atoms with E-state index in [1.165, 1.54) is 48.8 Å². The summed E-state index contributed by atoms with van der Waals surface area (Å²) in [6.45, 7) is 24.9. The number of allylic oxidation sites excluding steroid dienone is 7. The molecule has 5 aromatic carbocycles. The topological polar surface area (TPSA) is 205 Å². The molecule has 0 saturated heterocycles. The van der Waals surface area contributed by atoms with Gasteiger partial charge in [0.2, 0.25) is 5.70 Å². The molecule has 0 amide bonds. The predicted molar refractivity (Wildman–Crippen MR) is 261 cm³/mol. The van der Waals surface area contributed by atoms with Crippen molar-refractivity contribution in [2.45, 2.75) is 0 Å². The first kappa shape index (κ1) is 43.5. The van der Waals surface area contributed by atoms with Gasteiger partial charge in [-0.05, 0) is 117 Å². The van der Waals surface area contributed by atoms with Gasteiger partial charge >= 0.3 is 0 Å². The molecule has 0 aliphatic heterocycles. The van der Waals surface area contributed by atoms with Crippen LogP contribution in [0.3, 0.4) is 0 Å². The minimum atomic E-state index is -0.0554. The lowest BCUT2D eigenvalue weighted by molar-refractivity contribution is 1.28. The van der Waals surface area contributed by atoms with Gasteiger partial charge in [-0.2, -0.15) is 36.8 Å². The summed E-state index contributed by atoms with van der Waals surface area (Å²) in [6, 6.07) is 47.6. The number of benzene rings is 5. The van der Waals surface area contributed by atoms with Crippen molar-refractivity contribution in [3.8, 4) is 64.7 Å². The van der Waals surface area contributed by atoms with E-state index in [4.69, 9.17) is 29.7 Å². The highest BCUT2D eigenvalue weighted by molar-refractivity contribution is 6.38. The van der Waals surface area contributed by atoms with Crippen LogP contribution in [0.1, 0.15) is 67.0 Å². The number of fused-ring (bicyclic) bond motifs is 2. The van der Waals surface area contributed by atoms with Gasteiger partial charge in [-0.25, -0.2) is 14.5 Å². The van der Waals surface area contributed by atoms with Gasteiger partial charge in [0.05, 0.1) is 94.4 Å². The molecule has 0 spiro atoms. The molecule has 2 aliphatic rings. The Morgan fingerprint density at radius 2 is 0.871 bits per heavy atom. The zero-order valence-electron chi connectivity index (χ0n) is 36.1. The van der Waals surface area contributed by atoms with E-state index in [1.807, 2.05) is 0 Å². The second-order valence-corrected chi connectivity index (χ2v) is 15.5. The zero-order valence-corrected chi connectivity index (χ0v) is 36.1. The quantitative estimate of drug-likeness (QED) is 0.115. The average molecular weight is 887 g/mol. The van der Waals surface area contributed by atoms with E-state index in [1.54, 1.807) is 84.9 Å². The lowest BCUT2D eigenvalue weighted by atomic mass is 9.77. The first-order chi connectivity index (χ1) is 34.3. The van der Waals surface area contributed by atoms with E-state index >= 15 is 0 Å². The number of nitriles is 7. The first-order valence-electron chi connectivity index (χ1n) is 20.8. The minimum Gasteiger partial charge on any atom is -0.258 e. The summed E-state index contributed by atoms with van der Waals surface area (Å²) in [4.78, 5) is 20.9. The van der Waals surface area contributed by atoms with Gasteiger partial charge in [0.25, 0.3) is 0 Å². The highest BCUT2D eigenvalue weighted by atomic mass is 14.7. The molecule has 0 atom stereocenters. The Balaban J connectivity index is 1.66. The standard InChI is InChI=1S/C58H22N12/c1-66-41-23-40(24-42(25-41)67-2)44(31-64)52-54(47-9-5-7-19-70-47)58(68-3)57-48(37-14-10-33(26-59)11-15-37)53-45(32-65)50(46-8-4-6-18-69-46)51(43(30-63)39-21-35(28-61)20-36(22-39)29-62)55(53)49(56(52)57)38-16-12-34(27-60)13-17-38/h4-25H/b51-43+,52-44+. The normalized spacial score (nSPS) is 13.2. The molecular formula is C58H22N12. The van der Waals surface area contributed by atoms with Gasteiger partial charge in [-0.15, -0.1) is 0 Å². The van der Waals surface area contributed by atoms with Crippen LogP contribution in [-0.4, -0.2) is 9.97 Å². The molecule has 0 radical (unpaired) electrons. The Hall–Kier alpha value is -11.7. The fourth-order valence-corrected chi connectivity index (χ4v) is 9.03. The molecule has 12 nitrogen and oxygen atoms in total. The third-order valence-corrected chi connectivity index (χ3v) is 11.8. The Morgan fingerprint density at radius 1 is 0.414 bits per heavy atom. The third kappa shape index (κ3) is 7.04. The fourth-order valence-electron chi connectivity index (χ4n) is 9.03. The predicted octanol–water partition coefficient (Wildman–Crippen LogP) is 12.5. The Bertz CT molecular complexity index is 3790. The van der Waals surface area contributed by atoms with Crippen molar-refractivity contribution in [1.29, 1.82) is 36.8 Å². The second kappa shape index (κ2) is 18.0. The number of hydrogen-bond acceptors (Lipinski definition) is 9. The SMILES string of the molecule is [C-]#[N+]C1=C(c2ccccn2)/C(=C(/C#N)c2cc([N+]#[C-])cc([N+]#[C-])c2)c2c1c(-c1ccc(C#N)cc1)c1c(c2-c2ccc(C#N)cc2)/C(=C(\C#N)c2cc(C#N)cc(C#N)c2)C(c2ccccn2)=C1C#N. The zero-order chi connectivity index (χ0) is 49.1. The molecule has 70 heavy (non-hydrogen) atoms. The van der Waals surface area contributed by atoms with Crippen LogP contribution in [0, 0.1) is 99.0 Å². The van der Waals surface area contributed by atoms with E-state index in [0.717, 1.165) is 0 Å². The number of aromatic nitrogens is 2. The van der Waals surface area contributed by atoms with Gasteiger partial charge in [0.15, 0.2) is 11.4 Å². The van der Waals surface area contributed by atoms with E-state index in [0.29, 0.717) is 33.4 Å². The minimum absolute atomic E-state index is 0.0234. The summed E-state index contributed by atoms with van der Waals surface area (Å²) in [5.41, 5.74) is 5.15. The molecule has 314 valence electrons. The summed E-state index contributed by atoms with van der Waals surface area (Å²) in [6.07, 6.45) is 3.07. The summed E-state index contributed by atoms with van der Waals surface area (Å²) >= 11 is 0. The van der Waals surface area contributed by atoms with Crippen molar-refractivity contribution in [1.82, 2.24) is 9.97 Å². The van der Waals surface area contributed by atoms with Crippen molar-refractivity contribution in [3.05, 3.63) is 235 Å². The van der Waals surface area contributed by atoms with Crippen molar-refractivity contribution < 1.29 is 0 Å². The van der Waals surface area contributed by atoms with Crippen molar-refractivity contribution >= 4 is 56.1 Å². The Kier molecular flexibility index (Phi) is 11.2. The van der Waals surface area contributed by atoms with Crippen LogP contribution < -0.4 is 0 Å². The molecule has 0 saturated carbocycles. The molecule has 2 heterocycles. The van der Waals surface area contributed by atoms with Gasteiger partial charge in [-0.3, -0.25) is 9.97 Å². The highest BCUT2D eigenvalue weighted by Crippen LogP contribution is 2.63. The summed E-state index contributed by atoms with van der Waals surface area (Å²) in [5.74, 6) is 0. The van der Waals surface area contributed by atoms with Crippen LogP contribution in [0.15, 0.2) is 134 Å². The number of nitrogens with zero attached hydrogens (tertiary/aromatic N) is 12. The molecule has 7 aromatic rings. The highest BCUT2D eigenvalue weighted by Gasteiger charge is 2.44. The van der Waals surface area contributed by atoms with Gasteiger partial charge in [-0.1, -0.05) is 54.6 Å². The van der Waals surface area contributed by atoms with Crippen molar-refractivity contribution in [2.75, 3.05) is 0 Å². The lowest BCUT2D eigenvalue weighted by Gasteiger charge is -2.24. The molecule has 0 fully saturated rings. The van der Waals surface area contributed by atoms with Crippen LogP contribution in [0.25, 0.3) is 81.5 Å². The maximum absolute atomic E-state index is 11.7. The molecule has 0 unspecified atom stereocenters. The molecule has 9 rings (SSSR count). The largest absolute Gasteiger partial charge is 0.258 e. The van der Waals surface area contributed by atoms with Crippen LogP contribution in [0.5, 0.6) is 0 Å². The number of pyridine rings is 2. The summed E-state index contributed by atoms with van der Waals surface area (Å²) in [5, 5.41) is 75.2. The summed E-state index contributed by atoms with van der Waals surface area (Å²) in [7, 11) is 0. The van der Waals surface area contributed by atoms with Crippen molar-refractivity contribution in [3.63, 3.8) is 0 Å². The van der Waals surface area contributed by atoms with E-state index in [-0.39, 0.29) is 112 Å². The average Bonchev–Trinajstić information content (AvgIpc) is 3.93. The Morgan fingerprint density at radius 3 is 1.30 bits per heavy atom.